The largest absolute Gasteiger partial charge is 0.309 e. The molecule has 12 rings (SSSR count). The molecule has 2 aromatic heterocycles. The van der Waals surface area contributed by atoms with E-state index in [0.29, 0.717) is 0 Å². The van der Waals surface area contributed by atoms with Gasteiger partial charge >= 0.3 is 0 Å². The summed E-state index contributed by atoms with van der Waals surface area (Å²) in [5.41, 5.74) is 14.2. The number of benzene rings is 10. The SMILES string of the molecule is c1ccc(-c2ccc(N(c3ccc(-c4ccc(-c5ccc6ccccc6c5)cc4)cc3)c3cccc4c3c3ccccc3n4-c3ccccc3)c3c2sc2ccccc23)cc1. The second kappa shape index (κ2) is 14.5. The molecule has 0 atom stereocenters. The maximum atomic E-state index is 2.51. The number of para-hydroxylation sites is 2. The number of fused-ring (bicyclic) bond motifs is 7. The molecule has 12 aromatic rings. The first-order chi connectivity index (χ1) is 30.3. The molecule has 0 saturated heterocycles. The minimum atomic E-state index is 1.10. The number of thiophene rings is 1. The van der Waals surface area contributed by atoms with Gasteiger partial charge in [-0.25, -0.2) is 0 Å². The zero-order chi connectivity index (χ0) is 40.3. The van der Waals surface area contributed by atoms with Crippen LogP contribution >= 0.6 is 11.3 Å². The lowest BCUT2D eigenvalue weighted by Gasteiger charge is -2.28. The Bertz CT molecular complexity index is 3550. The third-order valence-electron chi connectivity index (χ3n) is 12.2. The van der Waals surface area contributed by atoms with Gasteiger partial charge in [0.15, 0.2) is 0 Å². The highest BCUT2D eigenvalue weighted by Crippen LogP contribution is 2.50. The van der Waals surface area contributed by atoms with Gasteiger partial charge in [0.25, 0.3) is 0 Å². The van der Waals surface area contributed by atoms with Crippen molar-refractivity contribution >= 4 is 81.1 Å². The summed E-state index contributed by atoms with van der Waals surface area (Å²) >= 11 is 1.88. The van der Waals surface area contributed by atoms with Crippen molar-refractivity contribution < 1.29 is 0 Å². The molecule has 286 valence electrons. The molecule has 0 bridgehead atoms. The van der Waals surface area contributed by atoms with Crippen LogP contribution < -0.4 is 4.90 Å². The molecule has 0 aliphatic rings. The summed E-state index contributed by atoms with van der Waals surface area (Å²) in [6.45, 7) is 0. The van der Waals surface area contributed by atoms with Crippen LogP contribution in [0.15, 0.2) is 231 Å². The van der Waals surface area contributed by atoms with Crippen LogP contribution in [0.2, 0.25) is 0 Å². The Morgan fingerprint density at radius 2 is 0.951 bits per heavy atom. The first kappa shape index (κ1) is 35.2. The first-order valence-corrected chi connectivity index (χ1v) is 21.7. The van der Waals surface area contributed by atoms with Crippen molar-refractivity contribution in [3.8, 4) is 39.1 Å². The zero-order valence-electron chi connectivity index (χ0n) is 33.2. The van der Waals surface area contributed by atoms with E-state index >= 15 is 0 Å². The molecule has 0 radical (unpaired) electrons. The second-order valence-electron chi connectivity index (χ2n) is 15.7. The molecule has 0 aliphatic heterocycles. The molecule has 2 heterocycles. The van der Waals surface area contributed by atoms with Crippen molar-refractivity contribution in [3.63, 3.8) is 0 Å². The van der Waals surface area contributed by atoms with Gasteiger partial charge in [-0.15, -0.1) is 11.3 Å². The third-order valence-corrected chi connectivity index (χ3v) is 13.4. The Labute approximate surface area is 358 Å². The van der Waals surface area contributed by atoms with Crippen LogP contribution in [0.1, 0.15) is 0 Å². The molecule has 10 aromatic carbocycles. The van der Waals surface area contributed by atoms with Crippen molar-refractivity contribution in [3.05, 3.63) is 231 Å². The van der Waals surface area contributed by atoms with Crippen molar-refractivity contribution in [2.24, 2.45) is 0 Å². The minimum Gasteiger partial charge on any atom is -0.309 e. The van der Waals surface area contributed by atoms with Crippen LogP contribution in [0.25, 0.3) is 91.8 Å². The number of rotatable bonds is 7. The summed E-state index contributed by atoms with van der Waals surface area (Å²) in [5.74, 6) is 0. The van der Waals surface area contributed by atoms with Crippen LogP contribution in [-0.4, -0.2) is 4.57 Å². The van der Waals surface area contributed by atoms with Gasteiger partial charge in [-0.1, -0.05) is 170 Å². The Kier molecular flexibility index (Phi) is 8.39. The van der Waals surface area contributed by atoms with E-state index in [2.05, 4.69) is 240 Å². The van der Waals surface area contributed by atoms with Gasteiger partial charge in [0.05, 0.1) is 22.4 Å². The van der Waals surface area contributed by atoms with Gasteiger partial charge < -0.3 is 9.47 Å². The lowest BCUT2D eigenvalue weighted by molar-refractivity contribution is 1.18. The first-order valence-electron chi connectivity index (χ1n) is 20.8. The van der Waals surface area contributed by atoms with Crippen LogP contribution in [0.5, 0.6) is 0 Å². The molecular formula is C58H38N2S. The molecular weight excluding hydrogens is 757 g/mol. The van der Waals surface area contributed by atoms with Crippen LogP contribution in [0.3, 0.4) is 0 Å². The van der Waals surface area contributed by atoms with Gasteiger partial charge in [0, 0.05) is 42.3 Å². The molecule has 0 fully saturated rings. The zero-order valence-corrected chi connectivity index (χ0v) is 34.1. The van der Waals surface area contributed by atoms with Gasteiger partial charge in [-0.05, 0) is 105 Å². The topological polar surface area (TPSA) is 8.17 Å². The van der Waals surface area contributed by atoms with Crippen molar-refractivity contribution in [1.82, 2.24) is 4.57 Å². The molecule has 61 heavy (non-hydrogen) atoms. The van der Waals surface area contributed by atoms with Crippen molar-refractivity contribution in [2.75, 3.05) is 4.90 Å². The Morgan fingerprint density at radius 3 is 1.74 bits per heavy atom. The summed E-state index contributed by atoms with van der Waals surface area (Å²) in [5, 5.41) is 7.48. The van der Waals surface area contributed by atoms with E-state index in [1.807, 2.05) is 11.3 Å². The Balaban J connectivity index is 1.06. The van der Waals surface area contributed by atoms with E-state index < -0.39 is 0 Å². The summed E-state index contributed by atoms with van der Waals surface area (Å²) < 4.78 is 4.98. The Hall–Kier alpha value is -7.72. The maximum absolute atomic E-state index is 2.51. The predicted molar refractivity (Wildman–Crippen MR) is 262 cm³/mol. The van der Waals surface area contributed by atoms with E-state index in [-0.39, 0.29) is 0 Å². The fourth-order valence-electron chi connectivity index (χ4n) is 9.32. The number of anilines is 3. The monoisotopic (exact) mass is 794 g/mol. The van der Waals surface area contributed by atoms with Gasteiger partial charge in [0.1, 0.15) is 0 Å². The van der Waals surface area contributed by atoms with Crippen LogP contribution in [0, 0.1) is 0 Å². The van der Waals surface area contributed by atoms with E-state index in [9.17, 15) is 0 Å². The van der Waals surface area contributed by atoms with E-state index in [1.54, 1.807) is 0 Å². The van der Waals surface area contributed by atoms with Crippen LogP contribution in [0.4, 0.5) is 17.1 Å². The van der Waals surface area contributed by atoms with Gasteiger partial charge in [-0.2, -0.15) is 0 Å². The molecule has 0 amide bonds. The fourth-order valence-corrected chi connectivity index (χ4v) is 10.6. The molecule has 2 nitrogen and oxygen atoms in total. The molecule has 0 N–H and O–H groups in total. The molecule has 0 aliphatic carbocycles. The van der Waals surface area contributed by atoms with E-state index in [4.69, 9.17) is 0 Å². The van der Waals surface area contributed by atoms with E-state index in [0.717, 1.165) is 22.7 Å². The van der Waals surface area contributed by atoms with E-state index in [1.165, 1.54) is 86.1 Å². The standard InChI is InChI=1S/C58H38N2S/c1-3-15-43(16-4-1)48-36-37-54(57-50-21-10-12-25-55(50)61-58(48)57)60(53-24-13-23-52-56(53)49-20-9-11-22-51(49)59(52)46-18-5-2-6-19-46)47-34-32-41(33-35-47)40-26-28-42(29-27-40)45-31-30-39-14-7-8-17-44(39)38-45/h1-38H. The highest BCUT2D eigenvalue weighted by atomic mass is 32.1. The van der Waals surface area contributed by atoms with Crippen molar-refractivity contribution in [1.29, 1.82) is 0 Å². The average Bonchev–Trinajstić information content (AvgIpc) is 3.90. The second-order valence-corrected chi connectivity index (χ2v) is 16.7. The quantitative estimate of drug-likeness (QED) is 0.156. The van der Waals surface area contributed by atoms with Crippen molar-refractivity contribution in [2.45, 2.75) is 0 Å². The molecule has 0 unspecified atom stereocenters. The predicted octanol–water partition coefficient (Wildman–Crippen LogP) is 16.8. The smallest absolute Gasteiger partial charge is 0.0562 e. The Morgan fingerprint density at radius 1 is 0.361 bits per heavy atom. The minimum absolute atomic E-state index is 1.10. The third kappa shape index (κ3) is 5.93. The van der Waals surface area contributed by atoms with Crippen LogP contribution in [-0.2, 0) is 0 Å². The number of hydrogen-bond donors (Lipinski definition) is 0. The summed E-state index contributed by atoms with van der Waals surface area (Å²) in [6, 6.07) is 84.1. The normalized spacial score (nSPS) is 11.6. The lowest BCUT2D eigenvalue weighted by Crippen LogP contribution is -2.11. The summed E-state index contributed by atoms with van der Waals surface area (Å²) in [7, 11) is 0. The highest BCUT2D eigenvalue weighted by Gasteiger charge is 2.25. The number of hydrogen-bond acceptors (Lipinski definition) is 2. The fraction of sp³-hybridized carbons (Fsp3) is 0. The van der Waals surface area contributed by atoms with Gasteiger partial charge in [-0.3, -0.25) is 0 Å². The average molecular weight is 795 g/mol. The summed E-state index contributed by atoms with van der Waals surface area (Å²) in [6.07, 6.45) is 0. The number of nitrogens with zero attached hydrogens (tertiary/aromatic N) is 2. The van der Waals surface area contributed by atoms with Gasteiger partial charge in [0.2, 0.25) is 0 Å². The lowest BCUT2D eigenvalue weighted by atomic mass is 9.98. The maximum Gasteiger partial charge on any atom is 0.0562 e. The molecule has 0 saturated carbocycles. The number of aromatic nitrogens is 1. The molecule has 3 heteroatoms. The summed E-state index contributed by atoms with van der Waals surface area (Å²) in [4.78, 5) is 2.51. The highest BCUT2D eigenvalue weighted by molar-refractivity contribution is 7.26. The molecule has 0 spiro atoms.